The third-order valence-corrected chi connectivity index (χ3v) is 3.63. The summed E-state index contributed by atoms with van der Waals surface area (Å²) in [7, 11) is 1.59. The molecule has 0 saturated heterocycles. The van der Waals surface area contributed by atoms with Gasteiger partial charge in [-0.1, -0.05) is 13.0 Å². The van der Waals surface area contributed by atoms with Crippen molar-refractivity contribution < 1.29 is 24.2 Å². The molecule has 0 aliphatic rings. The van der Waals surface area contributed by atoms with E-state index in [2.05, 4.69) is 15.6 Å². The highest BCUT2D eigenvalue weighted by atomic mass is 16.5. The minimum absolute atomic E-state index is 0.335. The molecule has 138 valence electrons. The van der Waals surface area contributed by atoms with Gasteiger partial charge in [0, 0.05) is 12.1 Å². The van der Waals surface area contributed by atoms with E-state index in [9.17, 15) is 9.59 Å². The van der Waals surface area contributed by atoms with Crippen molar-refractivity contribution in [2.45, 2.75) is 26.3 Å². The molecule has 0 unspecified atom stereocenters. The van der Waals surface area contributed by atoms with Crippen LogP contribution >= 0.6 is 0 Å². The van der Waals surface area contributed by atoms with Gasteiger partial charge in [-0.15, -0.1) is 0 Å². The van der Waals surface area contributed by atoms with Crippen molar-refractivity contribution >= 4 is 17.7 Å². The van der Waals surface area contributed by atoms with Gasteiger partial charge in [-0.25, -0.2) is 9.78 Å². The highest BCUT2D eigenvalue weighted by molar-refractivity contribution is 5.96. The van der Waals surface area contributed by atoms with Crippen LogP contribution in [0.3, 0.4) is 0 Å². The molecule has 2 rings (SSSR count). The minimum Gasteiger partial charge on any atom is -0.496 e. The predicted octanol–water partition coefficient (Wildman–Crippen LogP) is 3.18. The van der Waals surface area contributed by atoms with Gasteiger partial charge in [0.2, 0.25) is 11.8 Å². The zero-order chi connectivity index (χ0) is 19.1. The maximum absolute atomic E-state index is 12.0. The van der Waals surface area contributed by atoms with Crippen LogP contribution in [0.4, 0.5) is 10.5 Å². The van der Waals surface area contributed by atoms with Crippen LogP contribution in [0.1, 0.15) is 18.9 Å². The molecule has 26 heavy (non-hydrogen) atoms. The highest BCUT2D eigenvalue weighted by Gasteiger charge is 2.18. The van der Waals surface area contributed by atoms with Crippen LogP contribution in [0, 0.1) is 6.92 Å². The lowest BCUT2D eigenvalue weighted by Gasteiger charge is -2.14. The van der Waals surface area contributed by atoms with Crippen LogP contribution in [0.5, 0.6) is 17.4 Å². The summed E-state index contributed by atoms with van der Waals surface area (Å²) in [5, 5.41) is 13.5. The Bertz CT molecular complexity index is 777. The van der Waals surface area contributed by atoms with E-state index in [1.54, 1.807) is 38.3 Å². The number of carboxylic acid groups (broad SMARTS) is 1. The monoisotopic (exact) mass is 359 g/mol. The highest BCUT2D eigenvalue weighted by Crippen LogP contribution is 2.27. The van der Waals surface area contributed by atoms with Crippen molar-refractivity contribution in [3.63, 3.8) is 0 Å². The van der Waals surface area contributed by atoms with E-state index in [-0.39, 0.29) is 0 Å². The summed E-state index contributed by atoms with van der Waals surface area (Å²) in [5.74, 6) is 1.19. The second kappa shape index (κ2) is 8.70. The van der Waals surface area contributed by atoms with Gasteiger partial charge in [0.25, 0.3) is 0 Å². The summed E-state index contributed by atoms with van der Waals surface area (Å²) in [4.78, 5) is 26.9. The average Bonchev–Trinajstić information content (AvgIpc) is 2.62. The Balaban J connectivity index is 2.01. The van der Waals surface area contributed by atoms with Gasteiger partial charge in [-0.05, 0) is 31.0 Å². The summed E-state index contributed by atoms with van der Waals surface area (Å²) in [6.07, 6.45) is 0.524. The summed E-state index contributed by atoms with van der Waals surface area (Å²) >= 11 is 0. The van der Waals surface area contributed by atoms with Gasteiger partial charge in [0.1, 0.15) is 17.5 Å². The molecule has 0 aliphatic heterocycles. The fraction of sp³-hybridized carbons (Fsp3) is 0.278. The number of benzene rings is 1. The Labute approximate surface area is 151 Å². The van der Waals surface area contributed by atoms with Gasteiger partial charge >= 0.3 is 6.09 Å². The smallest absolute Gasteiger partial charge is 0.405 e. The summed E-state index contributed by atoms with van der Waals surface area (Å²) in [6, 6.07) is 7.84. The molecule has 0 saturated carbocycles. The van der Waals surface area contributed by atoms with Crippen molar-refractivity contribution in [3.05, 3.63) is 42.1 Å². The summed E-state index contributed by atoms with van der Waals surface area (Å²) < 4.78 is 10.9. The lowest BCUT2D eigenvalue weighted by molar-refractivity contribution is -0.118. The van der Waals surface area contributed by atoms with Crippen molar-refractivity contribution in [1.29, 1.82) is 0 Å². The fourth-order valence-corrected chi connectivity index (χ4v) is 2.23. The standard InChI is InChI=1S/C18H21N3O5/c1-4-14(21-18(23)24)17(22)20-12-6-8-16(19-10-12)26-13-7-5-11(2)15(9-13)25-3/h5-10,14,21H,4H2,1-3H3,(H,20,22)(H,23,24)/t14-/m1/s1. The summed E-state index contributed by atoms with van der Waals surface area (Å²) in [5.41, 5.74) is 1.43. The molecular weight excluding hydrogens is 338 g/mol. The number of carbonyl (C=O) groups is 2. The van der Waals surface area contributed by atoms with E-state index >= 15 is 0 Å². The van der Waals surface area contributed by atoms with Gasteiger partial charge in [-0.2, -0.15) is 0 Å². The number of ether oxygens (including phenoxy) is 2. The van der Waals surface area contributed by atoms with E-state index < -0.39 is 18.0 Å². The number of anilines is 1. The molecule has 2 amide bonds. The number of hydrogen-bond donors (Lipinski definition) is 3. The number of carbonyl (C=O) groups excluding carboxylic acids is 1. The normalized spacial score (nSPS) is 11.3. The minimum atomic E-state index is -1.25. The van der Waals surface area contributed by atoms with Crippen molar-refractivity contribution in [2.75, 3.05) is 12.4 Å². The van der Waals surface area contributed by atoms with E-state index in [0.29, 0.717) is 29.5 Å². The number of pyridine rings is 1. The molecular formula is C18H21N3O5. The van der Waals surface area contributed by atoms with Crippen LogP contribution in [-0.2, 0) is 4.79 Å². The zero-order valence-electron chi connectivity index (χ0n) is 14.8. The van der Waals surface area contributed by atoms with Gasteiger partial charge in [0.05, 0.1) is 19.0 Å². The van der Waals surface area contributed by atoms with Gasteiger partial charge in [0.15, 0.2) is 0 Å². The van der Waals surface area contributed by atoms with Crippen LogP contribution in [-0.4, -0.2) is 35.2 Å². The van der Waals surface area contributed by atoms with Crippen molar-refractivity contribution in [3.8, 4) is 17.4 Å². The molecule has 1 atom stereocenters. The third-order valence-electron chi connectivity index (χ3n) is 3.63. The molecule has 8 heteroatoms. The summed E-state index contributed by atoms with van der Waals surface area (Å²) in [6.45, 7) is 3.65. The Hall–Kier alpha value is -3.29. The zero-order valence-corrected chi connectivity index (χ0v) is 14.8. The first-order chi connectivity index (χ1) is 12.4. The lowest BCUT2D eigenvalue weighted by atomic mass is 10.2. The van der Waals surface area contributed by atoms with Gasteiger partial charge in [-0.3, -0.25) is 4.79 Å². The number of aryl methyl sites for hydroxylation is 1. The number of hydrogen-bond acceptors (Lipinski definition) is 5. The van der Waals surface area contributed by atoms with Crippen LogP contribution in [0.15, 0.2) is 36.5 Å². The van der Waals surface area contributed by atoms with Crippen LogP contribution < -0.4 is 20.1 Å². The number of methoxy groups -OCH3 is 1. The van der Waals surface area contributed by atoms with E-state index in [0.717, 1.165) is 5.56 Å². The Morgan fingerprint density at radius 2 is 2.04 bits per heavy atom. The molecule has 1 aromatic carbocycles. The molecule has 0 radical (unpaired) electrons. The number of aromatic nitrogens is 1. The molecule has 0 bridgehead atoms. The maximum Gasteiger partial charge on any atom is 0.405 e. The van der Waals surface area contributed by atoms with Crippen LogP contribution in [0.2, 0.25) is 0 Å². The topological polar surface area (TPSA) is 110 Å². The molecule has 0 aliphatic carbocycles. The van der Waals surface area contributed by atoms with Crippen molar-refractivity contribution in [2.24, 2.45) is 0 Å². The fourth-order valence-electron chi connectivity index (χ4n) is 2.23. The first-order valence-corrected chi connectivity index (χ1v) is 8.01. The van der Waals surface area contributed by atoms with Crippen molar-refractivity contribution in [1.82, 2.24) is 10.3 Å². The molecule has 1 aromatic heterocycles. The largest absolute Gasteiger partial charge is 0.496 e. The molecule has 0 fully saturated rings. The first-order valence-electron chi connectivity index (χ1n) is 8.01. The van der Waals surface area contributed by atoms with E-state index in [1.165, 1.54) is 6.20 Å². The van der Waals surface area contributed by atoms with E-state index in [4.69, 9.17) is 14.6 Å². The first kappa shape index (κ1) is 19.0. The Kier molecular flexibility index (Phi) is 6.37. The molecule has 3 N–H and O–H groups in total. The third kappa shape index (κ3) is 5.10. The number of amides is 2. The number of nitrogens with zero attached hydrogens (tertiary/aromatic N) is 1. The molecule has 1 heterocycles. The quantitative estimate of drug-likeness (QED) is 0.700. The molecule has 8 nitrogen and oxygen atoms in total. The van der Waals surface area contributed by atoms with Gasteiger partial charge < -0.3 is 25.2 Å². The predicted molar refractivity (Wildman–Crippen MR) is 95.9 cm³/mol. The Morgan fingerprint density at radius 1 is 1.27 bits per heavy atom. The number of nitrogens with one attached hydrogen (secondary N) is 2. The molecule has 0 spiro atoms. The second-order valence-corrected chi connectivity index (χ2v) is 5.52. The molecule has 2 aromatic rings. The average molecular weight is 359 g/mol. The lowest BCUT2D eigenvalue weighted by Crippen LogP contribution is -2.42. The maximum atomic E-state index is 12.0. The van der Waals surface area contributed by atoms with Crippen LogP contribution in [0.25, 0.3) is 0 Å². The second-order valence-electron chi connectivity index (χ2n) is 5.52. The van der Waals surface area contributed by atoms with E-state index in [1.807, 2.05) is 13.0 Å². The SMILES string of the molecule is CC[C@@H](NC(=O)O)C(=O)Nc1ccc(Oc2ccc(C)c(OC)c2)nc1. The Morgan fingerprint density at radius 3 is 2.62 bits per heavy atom. The number of rotatable bonds is 7.